The van der Waals surface area contributed by atoms with Gasteiger partial charge in [-0.3, -0.25) is 0 Å². The van der Waals surface area contributed by atoms with Gasteiger partial charge in [0.2, 0.25) is 0 Å². The molecule has 1 aromatic rings. The molecule has 0 saturated heterocycles. The van der Waals surface area contributed by atoms with Crippen LogP contribution in [0.2, 0.25) is 0 Å². The van der Waals surface area contributed by atoms with Crippen LogP contribution in [0.3, 0.4) is 0 Å². The average Bonchev–Trinajstić information content (AvgIpc) is 2.19. The van der Waals surface area contributed by atoms with Gasteiger partial charge in [0.25, 0.3) is 0 Å². The van der Waals surface area contributed by atoms with Gasteiger partial charge >= 0.3 is 89.8 Å². The van der Waals surface area contributed by atoms with Crippen LogP contribution in [0, 0.1) is 0 Å². The van der Waals surface area contributed by atoms with Crippen molar-refractivity contribution in [1.29, 1.82) is 0 Å². The van der Waals surface area contributed by atoms with Crippen LogP contribution in [0.1, 0.15) is 13.8 Å². The zero-order valence-electron chi connectivity index (χ0n) is 9.38. The van der Waals surface area contributed by atoms with Crippen LogP contribution in [-0.4, -0.2) is 29.8 Å². The van der Waals surface area contributed by atoms with Gasteiger partial charge in [-0.15, -0.1) is 0 Å². The molecule has 5 heteroatoms. The molecule has 4 nitrogen and oxygen atoms in total. The Morgan fingerprint density at radius 3 is 2.33 bits per heavy atom. The van der Waals surface area contributed by atoms with Gasteiger partial charge in [-0.1, -0.05) is 0 Å². The molecule has 0 bridgehead atoms. The van der Waals surface area contributed by atoms with Crippen LogP contribution in [0.25, 0.3) is 0 Å². The Morgan fingerprint density at radius 2 is 1.93 bits per heavy atom. The molecule has 15 heavy (non-hydrogen) atoms. The minimum atomic E-state index is -3.66. The average molecular weight is 231 g/mol. The molecule has 0 fully saturated rings. The standard InChI is InChI=1S/C10H18NO3P/c1-4-13-15(3,12,14-5-2)10-7-6-8-11-9-10/h6-9,12H,4-5H2,1-3H3. The van der Waals surface area contributed by atoms with Crippen molar-refractivity contribution in [3.05, 3.63) is 24.5 Å². The van der Waals surface area contributed by atoms with E-state index in [0.29, 0.717) is 18.5 Å². The van der Waals surface area contributed by atoms with E-state index in [1.54, 1.807) is 31.2 Å². The SMILES string of the molecule is CCOP(C)(O)(OCC)c1cccnc1. The van der Waals surface area contributed by atoms with E-state index in [1.165, 1.54) is 0 Å². The van der Waals surface area contributed by atoms with Gasteiger partial charge in [-0.25, -0.2) is 0 Å². The van der Waals surface area contributed by atoms with Gasteiger partial charge in [-0.2, -0.15) is 0 Å². The zero-order chi connectivity index (χ0) is 11.4. The summed E-state index contributed by atoms with van der Waals surface area (Å²) in [7, 11) is -3.66. The van der Waals surface area contributed by atoms with E-state index < -0.39 is 7.28 Å². The molecule has 0 aliphatic rings. The second kappa shape index (κ2) is 4.54. The summed E-state index contributed by atoms with van der Waals surface area (Å²) in [4.78, 5) is 14.6. The third kappa shape index (κ3) is 2.73. The summed E-state index contributed by atoms with van der Waals surface area (Å²) < 4.78 is 10.9. The number of hydrogen-bond donors (Lipinski definition) is 1. The molecule has 0 aliphatic heterocycles. The van der Waals surface area contributed by atoms with Crippen LogP contribution in [0.4, 0.5) is 0 Å². The van der Waals surface area contributed by atoms with Crippen LogP contribution in [-0.2, 0) is 9.05 Å². The quantitative estimate of drug-likeness (QED) is 0.784. The molecule has 1 aromatic heterocycles. The van der Waals surface area contributed by atoms with Gasteiger partial charge in [-0.05, 0) is 0 Å². The van der Waals surface area contributed by atoms with E-state index in [2.05, 4.69) is 4.98 Å². The van der Waals surface area contributed by atoms with Crippen LogP contribution < -0.4 is 5.30 Å². The Bertz CT molecular complexity index is 306. The maximum absolute atomic E-state index is 10.6. The van der Waals surface area contributed by atoms with Crippen molar-refractivity contribution in [1.82, 2.24) is 4.98 Å². The van der Waals surface area contributed by atoms with Gasteiger partial charge < -0.3 is 0 Å². The molecule has 1 heterocycles. The summed E-state index contributed by atoms with van der Waals surface area (Å²) in [6.07, 6.45) is 3.24. The van der Waals surface area contributed by atoms with E-state index >= 15 is 0 Å². The number of pyridine rings is 1. The third-order valence-corrected chi connectivity index (χ3v) is 5.26. The molecule has 0 aromatic carbocycles. The summed E-state index contributed by atoms with van der Waals surface area (Å²) in [6.45, 7) is 6.09. The van der Waals surface area contributed by atoms with Gasteiger partial charge in [0.05, 0.1) is 0 Å². The van der Waals surface area contributed by atoms with Crippen LogP contribution in [0.15, 0.2) is 24.5 Å². The first-order valence-electron chi connectivity index (χ1n) is 4.99. The first-order chi connectivity index (χ1) is 7.02. The fourth-order valence-corrected chi connectivity index (χ4v) is 3.79. The summed E-state index contributed by atoms with van der Waals surface area (Å²) >= 11 is 0. The molecule has 0 spiro atoms. The number of rotatable bonds is 5. The number of nitrogens with zero attached hydrogens (tertiary/aromatic N) is 1. The molecule has 1 N–H and O–H groups in total. The maximum atomic E-state index is 10.6. The van der Waals surface area contributed by atoms with Crippen molar-refractivity contribution in [3.63, 3.8) is 0 Å². The Labute approximate surface area is 90.4 Å². The van der Waals surface area contributed by atoms with E-state index in [9.17, 15) is 4.89 Å². The van der Waals surface area contributed by atoms with Gasteiger partial charge in [0.15, 0.2) is 0 Å². The molecule has 0 unspecified atom stereocenters. The summed E-state index contributed by atoms with van der Waals surface area (Å²) in [5.74, 6) is 0. The first-order valence-corrected chi connectivity index (χ1v) is 7.46. The molecule has 0 aliphatic carbocycles. The minimum absolute atomic E-state index is 0.402. The Morgan fingerprint density at radius 1 is 1.33 bits per heavy atom. The van der Waals surface area contributed by atoms with E-state index in [4.69, 9.17) is 9.05 Å². The predicted octanol–water partition coefficient (Wildman–Crippen LogP) is 1.70. The second-order valence-corrected chi connectivity index (χ2v) is 7.01. The molecular formula is C10H18NO3P. The molecule has 0 saturated carbocycles. The van der Waals surface area contributed by atoms with Crippen molar-refractivity contribution in [2.45, 2.75) is 13.8 Å². The molecule has 0 amide bonds. The summed E-state index contributed by atoms with van der Waals surface area (Å²) in [5, 5.41) is 0.618. The van der Waals surface area contributed by atoms with Gasteiger partial charge in [0, 0.05) is 0 Å². The van der Waals surface area contributed by atoms with Crippen molar-refractivity contribution in [2.75, 3.05) is 19.9 Å². The number of aromatic nitrogens is 1. The summed E-state index contributed by atoms with van der Waals surface area (Å²) in [6, 6.07) is 3.53. The molecular weight excluding hydrogens is 213 g/mol. The Hall–Kier alpha value is -0.540. The molecule has 0 atom stereocenters. The zero-order valence-corrected chi connectivity index (χ0v) is 10.3. The number of hydrogen-bond acceptors (Lipinski definition) is 4. The van der Waals surface area contributed by atoms with Crippen molar-refractivity contribution < 1.29 is 13.9 Å². The van der Waals surface area contributed by atoms with Crippen LogP contribution in [0.5, 0.6) is 0 Å². The van der Waals surface area contributed by atoms with E-state index in [1.807, 2.05) is 13.8 Å². The second-order valence-electron chi connectivity index (χ2n) is 3.36. The Balaban J connectivity index is 3.11. The Kier molecular flexibility index (Phi) is 3.79. The van der Waals surface area contributed by atoms with Crippen molar-refractivity contribution in [2.24, 2.45) is 0 Å². The molecule has 1 rings (SSSR count). The third-order valence-electron chi connectivity index (χ3n) is 2.10. The molecule has 0 radical (unpaired) electrons. The van der Waals surface area contributed by atoms with Crippen molar-refractivity contribution in [3.8, 4) is 0 Å². The monoisotopic (exact) mass is 231 g/mol. The van der Waals surface area contributed by atoms with E-state index in [0.717, 1.165) is 0 Å². The predicted molar refractivity (Wildman–Crippen MR) is 62.2 cm³/mol. The normalized spacial score (nSPS) is 14.5. The fourth-order valence-electron chi connectivity index (χ4n) is 1.45. The topological polar surface area (TPSA) is 51.6 Å². The van der Waals surface area contributed by atoms with E-state index in [-0.39, 0.29) is 0 Å². The first kappa shape index (κ1) is 12.5. The van der Waals surface area contributed by atoms with Gasteiger partial charge in [0.1, 0.15) is 0 Å². The fraction of sp³-hybridized carbons (Fsp3) is 0.500. The van der Waals surface area contributed by atoms with Crippen molar-refractivity contribution >= 4 is 12.6 Å². The van der Waals surface area contributed by atoms with Crippen LogP contribution >= 0.6 is 7.28 Å². The summed E-state index contributed by atoms with van der Waals surface area (Å²) in [5.41, 5.74) is 0. The molecule has 86 valence electrons.